The highest BCUT2D eigenvalue weighted by molar-refractivity contribution is 6.31. The average molecular weight is 309 g/mol. The van der Waals surface area contributed by atoms with Crippen molar-refractivity contribution in [3.63, 3.8) is 0 Å². The number of anilines is 3. The molecule has 0 radical (unpaired) electrons. The van der Waals surface area contributed by atoms with Crippen molar-refractivity contribution < 1.29 is 4.39 Å². The maximum absolute atomic E-state index is 13.1. The van der Waals surface area contributed by atoms with Gasteiger partial charge in [-0.1, -0.05) is 24.9 Å². The summed E-state index contributed by atoms with van der Waals surface area (Å²) in [6.07, 6.45) is 3.93. The molecule has 0 fully saturated rings. The van der Waals surface area contributed by atoms with Gasteiger partial charge >= 0.3 is 0 Å². The average Bonchev–Trinajstić information content (AvgIpc) is 2.49. The molecule has 0 aliphatic rings. The van der Waals surface area contributed by atoms with Crippen LogP contribution in [0.15, 0.2) is 30.5 Å². The van der Waals surface area contributed by atoms with Crippen molar-refractivity contribution in [2.24, 2.45) is 0 Å². The topological polar surface area (TPSA) is 41.1 Å². The lowest BCUT2D eigenvalue weighted by Crippen LogP contribution is -2.19. The Balaban J connectivity index is 2.11. The molecular formula is C15H18ClFN4. The number of benzene rings is 1. The second kappa shape index (κ2) is 7.22. The van der Waals surface area contributed by atoms with Crippen LogP contribution >= 0.6 is 11.6 Å². The van der Waals surface area contributed by atoms with E-state index in [1.807, 2.05) is 13.1 Å². The molecule has 1 aromatic carbocycles. The standard InChI is InChI=1S/C15H18ClFN4/c1-3-4-9-21(2)14-7-8-18-15(20-14)19-11-5-6-13(17)12(16)10-11/h5-8,10H,3-4,9H2,1-2H3,(H,18,19,20). The first-order valence-electron chi connectivity index (χ1n) is 6.86. The van der Waals surface area contributed by atoms with Gasteiger partial charge in [0.05, 0.1) is 5.02 Å². The predicted octanol–water partition coefficient (Wildman–Crippen LogP) is 4.25. The summed E-state index contributed by atoms with van der Waals surface area (Å²) < 4.78 is 13.1. The lowest BCUT2D eigenvalue weighted by atomic mass is 10.3. The zero-order chi connectivity index (χ0) is 15.2. The Morgan fingerprint density at radius 3 is 2.86 bits per heavy atom. The molecule has 0 saturated heterocycles. The molecular weight excluding hydrogens is 291 g/mol. The molecule has 1 N–H and O–H groups in total. The van der Waals surface area contributed by atoms with Crippen LogP contribution in [0, 0.1) is 5.82 Å². The van der Waals surface area contributed by atoms with Gasteiger partial charge in [-0.2, -0.15) is 4.98 Å². The van der Waals surface area contributed by atoms with Crippen LogP contribution in [0.4, 0.5) is 21.8 Å². The molecule has 0 bridgehead atoms. The summed E-state index contributed by atoms with van der Waals surface area (Å²) in [6.45, 7) is 3.09. The van der Waals surface area contributed by atoms with Gasteiger partial charge in [-0.25, -0.2) is 9.37 Å². The molecule has 0 spiro atoms. The molecule has 0 saturated carbocycles. The quantitative estimate of drug-likeness (QED) is 0.866. The van der Waals surface area contributed by atoms with Crippen molar-refractivity contribution in [1.82, 2.24) is 9.97 Å². The summed E-state index contributed by atoms with van der Waals surface area (Å²) in [5.74, 6) is 0.851. The minimum absolute atomic E-state index is 0.0659. The summed E-state index contributed by atoms with van der Waals surface area (Å²) >= 11 is 5.75. The Labute approximate surface area is 129 Å². The minimum atomic E-state index is -0.448. The van der Waals surface area contributed by atoms with E-state index in [0.717, 1.165) is 25.2 Å². The number of hydrogen-bond acceptors (Lipinski definition) is 4. The fourth-order valence-electron chi connectivity index (χ4n) is 1.83. The molecule has 1 aromatic heterocycles. The van der Waals surface area contributed by atoms with E-state index in [2.05, 4.69) is 27.1 Å². The highest BCUT2D eigenvalue weighted by Crippen LogP contribution is 2.22. The van der Waals surface area contributed by atoms with E-state index >= 15 is 0 Å². The number of unbranched alkanes of at least 4 members (excludes halogenated alkanes) is 1. The first-order valence-corrected chi connectivity index (χ1v) is 7.24. The van der Waals surface area contributed by atoms with Gasteiger partial charge < -0.3 is 10.2 Å². The van der Waals surface area contributed by atoms with Crippen LogP contribution in [0.2, 0.25) is 5.02 Å². The second-order valence-corrected chi connectivity index (χ2v) is 5.17. The fraction of sp³-hybridized carbons (Fsp3) is 0.333. The Hall–Kier alpha value is -1.88. The number of hydrogen-bond donors (Lipinski definition) is 1. The summed E-state index contributed by atoms with van der Waals surface area (Å²) in [5, 5.41) is 3.09. The van der Waals surface area contributed by atoms with E-state index in [1.165, 1.54) is 12.1 Å². The molecule has 0 unspecified atom stereocenters. The van der Waals surface area contributed by atoms with Crippen molar-refractivity contribution in [2.45, 2.75) is 19.8 Å². The smallest absolute Gasteiger partial charge is 0.229 e. The lowest BCUT2D eigenvalue weighted by Gasteiger charge is -2.18. The van der Waals surface area contributed by atoms with Gasteiger partial charge in [0.2, 0.25) is 5.95 Å². The van der Waals surface area contributed by atoms with Gasteiger partial charge in [-0.3, -0.25) is 0 Å². The van der Waals surface area contributed by atoms with E-state index in [0.29, 0.717) is 11.6 Å². The van der Waals surface area contributed by atoms with Crippen molar-refractivity contribution in [3.05, 3.63) is 41.3 Å². The van der Waals surface area contributed by atoms with E-state index in [-0.39, 0.29) is 5.02 Å². The van der Waals surface area contributed by atoms with Crippen molar-refractivity contribution in [2.75, 3.05) is 23.8 Å². The summed E-state index contributed by atoms with van der Waals surface area (Å²) in [7, 11) is 2.00. The lowest BCUT2D eigenvalue weighted by molar-refractivity contribution is 0.628. The predicted molar refractivity (Wildman–Crippen MR) is 84.9 cm³/mol. The van der Waals surface area contributed by atoms with Crippen LogP contribution in [0.5, 0.6) is 0 Å². The van der Waals surface area contributed by atoms with Crippen molar-refractivity contribution in [1.29, 1.82) is 0 Å². The number of nitrogens with one attached hydrogen (secondary N) is 1. The van der Waals surface area contributed by atoms with Crippen LogP contribution in [-0.2, 0) is 0 Å². The van der Waals surface area contributed by atoms with Gasteiger partial charge in [0, 0.05) is 25.5 Å². The Morgan fingerprint density at radius 1 is 1.33 bits per heavy atom. The van der Waals surface area contributed by atoms with Gasteiger partial charge in [0.15, 0.2) is 0 Å². The molecule has 112 valence electrons. The van der Waals surface area contributed by atoms with Gasteiger partial charge in [-0.15, -0.1) is 0 Å². The zero-order valence-electron chi connectivity index (χ0n) is 12.1. The Morgan fingerprint density at radius 2 is 2.14 bits per heavy atom. The first-order chi connectivity index (χ1) is 10.1. The van der Waals surface area contributed by atoms with Gasteiger partial charge in [0.1, 0.15) is 11.6 Å². The number of aromatic nitrogens is 2. The maximum Gasteiger partial charge on any atom is 0.229 e. The third-order valence-electron chi connectivity index (χ3n) is 3.05. The zero-order valence-corrected chi connectivity index (χ0v) is 12.9. The summed E-state index contributed by atoms with van der Waals surface area (Å²) in [5.41, 5.74) is 0.648. The Kier molecular flexibility index (Phi) is 5.33. The number of halogens is 2. The van der Waals surface area contributed by atoms with Crippen LogP contribution in [0.25, 0.3) is 0 Å². The summed E-state index contributed by atoms with van der Waals surface area (Å²) in [4.78, 5) is 10.7. The van der Waals surface area contributed by atoms with Crippen LogP contribution < -0.4 is 10.2 Å². The molecule has 2 aromatic rings. The van der Waals surface area contributed by atoms with Crippen LogP contribution in [-0.4, -0.2) is 23.6 Å². The number of nitrogens with zero attached hydrogens (tertiary/aromatic N) is 3. The molecule has 2 rings (SSSR count). The normalized spacial score (nSPS) is 10.5. The van der Waals surface area contributed by atoms with E-state index < -0.39 is 5.82 Å². The first kappa shape index (κ1) is 15.5. The van der Waals surface area contributed by atoms with Crippen molar-refractivity contribution >= 4 is 29.1 Å². The monoisotopic (exact) mass is 308 g/mol. The van der Waals surface area contributed by atoms with E-state index in [1.54, 1.807) is 12.3 Å². The number of rotatable bonds is 6. The molecule has 4 nitrogen and oxygen atoms in total. The molecule has 1 heterocycles. The van der Waals surface area contributed by atoms with Gasteiger partial charge in [0.25, 0.3) is 0 Å². The molecule has 0 amide bonds. The Bertz CT molecular complexity index is 606. The van der Waals surface area contributed by atoms with Crippen molar-refractivity contribution in [3.8, 4) is 0 Å². The molecule has 0 aliphatic heterocycles. The molecule has 0 atom stereocenters. The molecule has 21 heavy (non-hydrogen) atoms. The highest BCUT2D eigenvalue weighted by atomic mass is 35.5. The third kappa shape index (κ3) is 4.29. The van der Waals surface area contributed by atoms with Crippen LogP contribution in [0.3, 0.4) is 0 Å². The second-order valence-electron chi connectivity index (χ2n) is 4.77. The minimum Gasteiger partial charge on any atom is -0.360 e. The maximum atomic E-state index is 13.1. The highest BCUT2D eigenvalue weighted by Gasteiger charge is 2.06. The third-order valence-corrected chi connectivity index (χ3v) is 3.34. The van der Waals surface area contributed by atoms with Crippen LogP contribution in [0.1, 0.15) is 19.8 Å². The van der Waals surface area contributed by atoms with Gasteiger partial charge in [-0.05, 0) is 30.7 Å². The van der Waals surface area contributed by atoms with E-state index in [9.17, 15) is 4.39 Å². The van der Waals surface area contributed by atoms with E-state index in [4.69, 9.17) is 11.6 Å². The SMILES string of the molecule is CCCCN(C)c1ccnc(Nc2ccc(F)c(Cl)c2)n1. The largest absolute Gasteiger partial charge is 0.360 e. The molecule has 0 aliphatic carbocycles. The summed E-state index contributed by atoms with van der Waals surface area (Å²) in [6, 6.07) is 6.27. The fourth-order valence-corrected chi connectivity index (χ4v) is 2.02. The molecule has 6 heteroatoms.